The van der Waals surface area contributed by atoms with Crippen molar-refractivity contribution in [3.8, 4) is 0 Å². The maximum absolute atomic E-state index is 10.3. The second-order valence-corrected chi connectivity index (χ2v) is 2.21. The minimum atomic E-state index is -0.0106. The number of ether oxygens (including phenoxy) is 1. The van der Waals surface area contributed by atoms with Gasteiger partial charge in [0.15, 0.2) is 5.78 Å². The number of hydrogen-bond donors (Lipinski definition) is 0. The molecule has 0 unspecified atom stereocenters. The van der Waals surface area contributed by atoms with Gasteiger partial charge in [0.1, 0.15) is 12.4 Å². The second-order valence-electron chi connectivity index (χ2n) is 2.21. The van der Waals surface area contributed by atoms with E-state index in [0.717, 1.165) is 0 Å². The van der Waals surface area contributed by atoms with Crippen LogP contribution in [0.3, 0.4) is 0 Å². The summed E-state index contributed by atoms with van der Waals surface area (Å²) in [5.41, 5.74) is 0. The largest absolute Gasteiger partial charge is 0.373 e. The average molecular weight is 144 g/mol. The minimum absolute atomic E-state index is 0.0106. The van der Waals surface area contributed by atoms with Crippen LogP contribution in [-0.4, -0.2) is 24.8 Å². The molecule has 0 aliphatic rings. The molecule has 0 aromatic carbocycles. The topological polar surface area (TPSA) is 43.4 Å². The van der Waals surface area contributed by atoms with Gasteiger partial charge >= 0.3 is 0 Å². The van der Waals surface area contributed by atoms with Crippen LogP contribution in [0.4, 0.5) is 0 Å². The molecule has 0 aliphatic heterocycles. The highest BCUT2D eigenvalue weighted by atomic mass is 16.5. The van der Waals surface area contributed by atoms with Gasteiger partial charge in [-0.1, -0.05) is 0 Å². The molecule has 0 N–H and O–H groups in total. The Hall–Kier alpha value is -0.700. The van der Waals surface area contributed by atoms with Gasteiger partial charge in [0.25, 0.3) is 0 Å². The van der Waals surface area contributed by atoms with E-state index in [9.17, 15) is 9.59 Å². The molecule has 0 saturated carbocycles. The normalized spacial score (nSPS) is 9.40. The van der Waals surface area contributed by atoms with E-state index in [1.54, 1.807) is 0 Å². The summed E-state index contributed by atoms with van der Waals surface area (Å²) in [6.45, 7) is 3.42. The Kier molecular flexibility index (Phi) is 4.76. The molecule has 0 amide bonds. The zero-order valence-corrected chi connectivity index (χ0v) is 6.35. The van der Waals surface area contributed by atoms with Crippen molar-refractivity contribution in [1.29, 1.82) is 0 Å². The molecule has 0 aromatic rings. The number of carbonyl (C=O) groups is 2. The first-order valence-corrected chi connectivity index (χ1v) is 3.19. The quantitative estimate of drug-likeness (QED) is 0.530. The second kappa shape index (κ2) is 5.11. The monoisotopic (exact) mass is 144 g/mol. The smallest absolute Gasteiger partial charge is 0.155 e. The zero-order valence-electron chi connectivity index (χ0n) is 6.35. The van der Waals surface area contributed by atoms with Crippen LogP contribution in [0.25, 0.3) is 0 Å². The van der Waals surface area contributed by atoms with Gasteiger partial charge < -0.3 is 4.74 Å². The summed E-state index contributed by atoms with van der Waals surface area (Å²) >= 11 is 0. The van der Waals surface area contributed by atoms with Crippen LogP contribution in [0.2, 0.25) is 0 Å². The molecule has 0 aromatic heterocycles. The fraction of sp³-hybridized carbons (Fsp3) is 0.714. The van der Waals surface area contributed by atoms with Crippen molar-refractivity contribution in [2.24, 2.45) is 0 Å². The third kappa shape index (κ3) is 7.30. The lowest BCUT2D eigenvalue weighted by molar-refractivity contribution is -0.123. The first-order valence-electron chi connectivity index (χ1n) is 3.19. The van der Waals surface area contributed by atoms with Crippen molar-refractivity contribution in [2.45, 2.75) is 20.3 Å². The van der Waals surface area contributed by atoms with Crippen molar-refractivity contribution in [2.75, 3.05) is 13.2 Å². The minimum Gasteiger partial charge on any atom is -0.373 e. The highest BCUT2D eigenvalue weighted by molar-refractivity contribution is 5.77. The molecule has 0 radical (unpaired) electrons. The van der Waals surface area contributed by atoms with Crippen LogP contribution >= 0.6 is 0 Å². The highest BCUT2D eigenvalue weighted by Gasteiger charge is 1.94. The van der Waals surface area contributed by atoms with Gasteiger partial charge in [0.2, 0.25) is 0 Å². The lowest BCUT2D eigenvalue weighted by atomic mass is 10.3. The Labute approximate surface area is 60.4 Å². The van der Waals surface area contributed by atoms with Crippen molar-refractivity contribution >= 4 is 11.6 Å². The van der Waals surface area contributed by atoms with Gasteiger partial charge in [0.05, 0.1) is 6.61 Å². The molecule has 0 heterocycles. The molecule has 58 valence electrons. The first-order chi connectivity index (χ1) is 4.63. The van der Waals surface area contributed by atoms with E-state index in [2.05, 4.69) is 0 Å². The van der Waals surface area contributed by atoms with Gasteiger partial charge in [-0.05, 0) is 13.8 Å². The van der Waals surface area contributed by atoms with Gasteiger partial charge in [-0.25, -0.2) is 0 Å². The molecule has 0 atom stereocenters. The third-order valence-electron chi connectivity index (χ3n) is 0.904. The van der Waals surface area contributed by atoms with Crippen LogP contribution < -0.4 is 0 Å². The van der Waals surface area contributed by atoms with Crippen LogP contribution in [0.1, 0.15) is 20.3 Å². The van der Waals surface area contributed by atoms with Gasteiger partial charge in [-0.2, -0.15) is 0 Å². The molecule has 0 rings (SSSR count). The Balaban J connectivity index is 3.06. The van der Waals surface area contributed by atoms with E-state index in [1.165, 1.54) is 13.8 Å². The molecule has 10 heavy (non-hydrogen) atoms. The lowest BCUT2D eigenvalue weighted by Crippen LogP contribution is -2.07. The summed E-state index contributed by atoms with van der Waals surface area (Å²) in [5.74, 6) is 0.0760. The first kappa shape index (κ1) is 9.30. The third-order valence-corrected chi connectivity index (χ3v) is 0.904. The maximum atomic E-state index is 10.3. The molecular formula is C7H12O3. The lowest BCUT2D eigenvalue weighted by Gasteiger charge is -1.97. The van der Waals surface area contributed by atoms with Crippen molar-refractivity contribution < 1.29 is 14.3 Å². The summed E-state index contributed by atoms with van der Waals surface area (Å²) < 4.78 is 4.84. The Morgan fingerprint density at radius 2 is 1.80 bits per heavy atom. The van der Waals surface area contributed by atoms with Crippen LogP contribution in [0, 0.1) is 0 Å². The standard InChI is InChI=1S/C7H12O3/c1-6(8)3-4-10-5-7(2)9/h3-5H2,1-2H3. The highest BCUT2D eigenvalue weighted by Crippen LogP contribution is 1.84. The number of carbonyl (C=O) groups excluding carboxylic acids is 2. The maximum Gasteiger partial charge on any atom is 0.155 e. The predicted molar refractivity (Wildman–Crippen MR) is 36.8 cm³/mol. The van der Waals surface area contributed by atoms with Crippen LogP contribution in [0.5, 0.6) is 0 Å². The van der Waals surface area contributed by atoms with Crippen LogP contribution in [-0.2, 0) is 14.3 Å². The summed E-state index contributed by atoms with van der Waals surface area (Å²) in [4.78, 5) is 20.6. The SMILES string of the molecule is CC(=O)CCOCC(C)=O. The van der Waals surface area contributed by atoms with Gasteiger partial charge in [-0.3, -0.25) is 9.59 Å². The molecule has 0 saturated heterocycles. The molecule has 3 heteroatoms. The van der Waals surface area contributed by atoms with Crippen molar-refractivity contribution in [3.63, 3.8) is 0 Å². The summed E-state index contributed by atoms with van der Waals surface area (Å²) in [6, 6.07) is 0. The van der Waals surface area contributed by atoms with E-state index < -0.39 is 0 Å². The number of hydrogen-bond acceptors (Lipinski definition) is 3. The zero-order chi connectivity index (χ0) is 7.98. The van der Waals surface area contributed by atoms with Gasteiger partial charge in [0, 0.05) is 6.42 Å². The Morgan fingerprint density at radius 1 is 1.20 bits per heavy atom. The number of ketones is 2. The molecule has 3 nitrogen and oxygen atoms in total. The predicted octanol–water partition coefficient (Wildman–Crippen LogP) is 0.571. The molecule has 0 bridgehead atoms. The summed E-state index contributed by atoms with van der Waals surface area (Å²) in [6.07, 6.45) is 0.396. The Morgan fingerprint density at radius 3 is 2.20 bits per heavy atom. The van der Waals surface area contributed by atoms with Crippen molar-refractivity contribution in [3.05, 3.63) is 0 Å². The molecule has 0 aliphatic carbocycles. The fourth-order valence-corrected chi connectivity index (χ4v) is 0.432. The van der Waals surface area contributed by atoms with Crippen molar-refractivity contribution in [1.82, 2.24) is 0 Å². The summed E-state index contributed by atoms with van der Waals surface area (Å²) in [7, 11) is 0. The van der Waals surface area contributed by atoms with E-state index in [-0.39, 0.29) is 18.2 Å². The average Bonchev–Trinajstić information content (AvgIpc) is 1.79. The van der Waals surface area contributed by atoms with Crippen LogP contribution in [0.15, 0.2) is 0 Å². The molecule has 0 spiro atoms. The van der Waals surface area contributed by atoms with E-state index in [0.29, 0.717) is 13.0 Å². The van der Waals surface area contributed by atoms with E-state index >= 15 is 0 Å². The number of rotatable bonds is 5. The van der Waals surface area contributed by atoms with Gasteiger partial charge in [-0.15, -0.1) is 0 Å². The molecule has 0 fully saturated rings. The van der Waals surface area contributed by atoms with E-state index in [4.69, 9.17) is 4.74 Å². The molecular weight excluding hydrogens is 132 g/mol. The number of Topliss-reactive ketones (excluding diaryl/α,β-unsaturated/α-hetero) is 2. The Bertz CT molecular complexity index is 113. The summed E-state index contributed by atoms with van der Waals surface area (Å²) in [5, 5.41) is 0. The fourth-order valence-electron chi connectivity index (χ4n) is 0.432. The van der Waals surface area contributed by atoms with E-state index in [1.807, 2.05) is 0 Å².